The van der Waals surface area contributed by atoms with E-state index in [0.717, 1.165) is 0 Å². The van der Waals surface area contributed by atoms with Crippen LogP contribution >= 0.6 is 0 Å². The van der Waals surface area contributed by atoms with Crippen LogP contribution in [0.25, 0.3) is 0 Å². The molecule has 0 unspecified atom stereocenters. The van der Waals surface area contributed by atoms with E-state index < -0.39 is 6.04 Å². The molecule has 24 heavy (non-hydrogen) atoms. The Kier molecular flexibility index (Phi) is 7.74. The van der Waals surface area contributed by atoms with Gasteiger partial charge in [0.25, 0.3) is 0 Å². The first-order chi connectivity index (χ1) is 11.3. The zero-order valence-corrected chi connectivity index (χ0v) is 14.5. The average molecular weight is 334 g/mol. The number of amidine groups is 1. The molecule has 7 nitrogen and oxygen atoms in total. The minimum absolute atomic E-state index is 0.0520. The van der Waals surface area contributed by atoms with Gasteiger partial charge in [0.05, 0.1) is 13.7 Å². The van der Waals surface area contributed by atoms with E-state index in [2.05, 4.69) is 17.2 Å². The van der Waals surface area contributed by atoms with Crippen LogP contribution in [-0.2, 0) is 14.3 Å². The summed E-state index contributed by atoms with van der Waals surface area (Å²) in [7, 11) is 1.53. The van der Waals surface area contributed by atoms with E-state index >= 15 is 0 Å². The average Bonchev–Trinajstić information content (AvgIpc) is 2.94. The zero-order chi connectivity index (χ0) is 18.1. The molecule has 1 heterocycles. The highest BCUT2D eigenvalue weighted by molar-refractivity contribution is 6.05. The SMILES string of the molecule is C=C(CN/C=C\C(=N)NC(=O)[C@H](CC(C)C)N1CC=CC1=O)OC. The van der Waals surface area contributed by atoms with Crippen molar-refractivity contribution >= 4 is 17.6 Å². The molecule has 7 heteroatoms. The van der Waals surface area contributed by atoms with E-state index in [-0.39, 0.29) is 23.6 Å². The predicted octanol–water partition coefficient (Wildman–Crippen LogP) is 1.16. The Bertz CT molecular complexity index is 552. The maximum absolute atomic E-state index is 12.4. The quantitative estimate of drug-likeness (QED) is 0.335. The van der Waals surface area contributed by atoms with Gasteiger partial charge in [-0.2, -0.15) is 0 Å². The molecule has 1 atom stereocenters. The summed E-state index contributed by atoms with van der Waals surface area (Å²) >= 11 is 0. The predicted molar refractivity (Wildman–Crippen MR) is 93.3 cm³/mol. The highest BCUT2D eigenvalue weighted by Gasteiger charge is 2.31. The van der Waals surface area contributed by atoms with Crippen molar-refractivity contribution in [3.63, 3.8) is 0 Å². The molecule has 1 aliphatic rings. The molecule has 0 saturated carbocycles. The van der Waals surface area contributed by atoms with Crippen LogP contribution in [0.5, 0.6) is 0 Å². The Hall–Kier alpha value is -2.57. The highest BCUT2D eigenvalue weighted by Crippen LogP contribution is 2.15. The van der Waals surface area contributed by atoms with E-state index in [0.29, 0.717) is 25.3 Å². The van der Waals surface area contributed by atoms with Crippen LogP contribution < -0.4 is 10.6 Å². The molecule has 0 spiro atoms. The molecule has 0 aromatic rings. The molecule has 0 aromatic carbocycles. The van der Waals surface area contributed by atoms with E-state index in [1.54, 1.807) is 6.08 Å². The third-order valence-corrected chi connectivity index (χ3v) is 3.43. The van der Waals surface area contributed by atoms with Gasteiger partial charge in [-0.1, -0.05) is 26.5 Å². The Labute approximate surface area is 142 Å². The molecule has 1 rings (SSSR count). The number of methoxy groups -OCH3 is 1. The fourth-order valence-corrected chi connectivity index (χ4v) is 2.20. The number of hydrogen-bond donors (Lipinski definition) is 3. The second-order valence-electron chi connectivity index (χ2n) is 5.90. The molecular weight excluding hydrogens is 308 g/mol. The topological polar surface area (TPSA) is 94.5 Å². The second kappa shape index (κ2) is 9.54. The van der Waals surface area contributed by atoms with Gasteiger partial charge in [0.15, 0.2) is 0 Å². The maximum Gasteiger partial charge on any atom is 0.248 e. The van der Waals surface area contributed by atoms with Gasteiger partial charge in [-0.05, 0) is 18.4 Å². The molecular formula is C17H26N4O3. The lowest BCUT2D eigenvalue weighted by Gasteiger charge is -2.28. The van der Waals surface area contributed by atoms with E-state index in [1.807, 2.05) is 13.8 Å². The minimum atomic E-state index is -0.581. The minimum Gasteiger partial charge on any atom is -0.500 e. The van der Waals surface area contributed by atoms with Crippen molar-refractivity contribution in [3.8, 4) is 0 Å². The molecule has 0 aromatic heterocycles. The Balaban J connectivity index is 2.57. The summed E-state index contributed by atoms with van der Waals surface area (Å²) in [6.07, 6.45) is 6.71. The van der Waals surface area contributed by atoms with Crippen LogP contribution in [0.4, 0.5) is 0 Å². The summed E-state index contributed by atoms with van der Waals surface area (Å²) in [5.41, 5.74) is 0. The van der Waals surface area contributed by atoms with Gasteiger partial charge in [0.1, 0.15) is 17.6 Å². The van der Waals surface area contributed by atoms with Gasteiger partial charge in [-0.25, -0.2) is 0 Å². The van der Waals surface area contributed by atoms with Crippen molar-refractivity contribution in [2.75, 3.05) is 20.2 Å². The number of nitrogens with zero attached hydrogens (tertiary/aromatic N) is 1. The lowest BCUT2D eigenvalue weighted by molar-refractivity contribution is -0.135. The Morgan fingerprint density at radius 3 is 2.79 bits per heavy atom. The fourth-order valence-electron chi connectivity index (χ4n) is 2.20. The van der Waals surface area contributed by atoms with Crippen molar-refractivity contribution in [1.29, 1.82) is 5.41 Å². The van der Waals surface area contributed by atoms with E-state index in [1.165, 1.54) is 30.4 Å². The molecule has 0 radical (unpaired) electrons. The summed E-state index contributed by atoms with van der Waals surface area (Å²) in [5, 5.41) is 13.2. The molecule has 2 amide bonds. The number of amides is 2. The van der Waals surface area contributed by atoms with Crippen LogP contribution in [-0.4, -0.2) is 48.8 Å². The van der Waals surface area contributed by atoms with Gasteiger partial charge in [0.2, 0.25) is 11.8 Å². The van der Waals surface area contributed by atoms with Crippen LogP contribution in [0.15, 0.2) is 36.8 Å². The van der Waals surface area contributed by atoms with Gasteiger partial charge >= 0.3 is 0 Å². The molecule has 0 fully saturated rings. The van der Waals surface area contributed by atoms with Gasteiger partial charge in [0, 0.05) is 18.8 Å². The maximum atomic E-state index is 12.4. The summed E-state index contributed by atoms with van der Waals surface area (Å²) in [6, 6.07) is -0.581. The lowest BCUT2D eigenvalue weighted by Crippen LogP contribution is -2.49. The summed E-state index contributed by atoms with van der Waals surface area (Å²) in [5.74, 6) is 0.242. The third-order valence-electron chi connectivity index (χ3n) is 3.43. The third kappa shape index (κ3) is 6.28. The molecule has 3 N–H and O–H groups in total. The molecule has 1 aliphatic heterocycles. The van der Waals surface area contributed by atoms with Crippen molar-refractivity contribution in [2.45, 2.75) is 26.3 Å². The monoisotopic (exact) mass is 334 g/mol. The summed E-state index contributed by atoms with van der Waals surface area (Å²) < 4.78 is 4.90. The fraction of sp³-hybridized carbons (Fsp3) is 0.471. The van der Waals surface area contributed by atoms with E-state index in [4.69, 9.17) is 10.1 Å². The van der Waals surface area contributed by atoms with Crippen molar-refractivity contribution in [3.05, 3.63) is 36.8 Å². The van der Waals surface area contributed by atoms with Gasteiger partial charge in [-0.3, -0.25) is 15.0 Å². The number of ether oxygens (including phenoxy) is 1. The number of nitrogens with one attached hydrogen (secondary N) is 3. The first kappa shape index (κ1) is 19.5. The Morgan fingerprint density at radius 2 is 2.25 bits per heavy atom. The molecule has 0 bridgehead atoms. The first-order valence-corrected chi connectivity index (χ1v) is 7.83. The van der Waals surface area contributed by atoms with Crippen molar-refractivity contribution in [2.24, 2.45) is 5.92 Å². The first-order valence-electron chi connectivity index (χ1n) is 7.83. The number of rotatable bonds is 9. The van der Waals surface area contributed by atoms with Crippen LogP contribution in [0, 0.1) is 11.3 Å². The number of carbonyl (C=O) groups excluding carboxylic acids is 2. The smallest absolute Gasteiger partial charge is 0.248 e. The largest absolute Gasteiger partial charge is 0.500 e. The van der Waals surface area contributed by atoms with E-state index in [9.17, 15) is 9.59 Å². The molecule has 132 valence electrons. The second-order valence-corrected chi connectivity index (χ2v) is 5.90. The molecule has 0 saturated heterocycles. The van der Waals surface area contributed by atoms with Gasteiger partial charge in [-0.15, -0.1) is 0 Å². The summed E-state index contributed by atoms with van der Waals surface area (Å²) in [6.45, 7) is 8.48. The highest BCUT2D eigenvalue weighted by atomic mass is 16.5. The number of carbonyl (C=O) groups is 2. The van der Waals surface area contributed by atoms with Crippen LogP contribution in [0.1, 0.15) is 20.3 Å². The van der Waals surface area contributed by atoms with Crippen LogP contribution in [0.3, 0.4) is 0 Å². The Morgan fingerprint density at radius 1 is 1.54 bits per heavy atom. The van der Waals surface area contributed by atoms with Crippen molar-refractivity contribution < 1.29 is 14.3 Å². The van der Waals surface area contributed by atoms with Crippen molar-refractivity contribution in [1.82, 2.24) is 15.5 Å². The standard InChI is InChI=1S/C17H26N4O3/c1-12(2)10-14(21-9-5-6-16(21)22)17(23)20-15(18)7-8-19-11-13(3)24-4/h5-8,12,14,19H,3,9-11H2,1-2,4H3,(H2,18,20,23)/b8-7-/t14-/m0/s1. The number of hydrogen-bond acceptors (Lipinski definition) is 5. The van der Waals surface area contributed by atoms with Gasteiger partial charge < -0.3 is 20.3 Å². The summed E-state index contributed by atoms with van der Waals surface area (Å²) in [4.78, 5) is 25.8. The van der Waals surface area contributed by atoms with Crippen LogP contribution in [0.2, 0.25) is 0 Å². The zero-order valence-electron chi connectivity index (χ0n) is 14.5. The normalized spacial score (nSPS) is 15.0. The lowest BCUT2D eigenvalue weighted by atomic mass is 10.0. The molecule has 0 aliphatic carbocycles.